The standard InChI is InChI=1S/C13H21N3/c1-3-12-10-16(8-7-14-12)13-6-4-5-11(2)9-15-13/h4-5,9,12,14H,3,6-8,10H2,1-2H3. The molecule has 1 atom stereocenters. The molecule has 1 saturated heterocycles. The van der Waals surface area contributed by atoms with E-state index >= 15 is 0 Å². The molecule has 2 aliphatic rings. The summed E-state index contributed by atoms with van der Waals surface area (Å²) in [5.74, 6) is 1.22. The molecular weight excluding hydrogens is 198 g/mol. The van der Waals surface area contributed by atoms with E-state index in [2.05, 4.69) is 41.2 Å². The van der Waals surface area contributed by atoms with Crippen molar-refractivity contribution in [3.05, 3.63) is 23.9 Å². The number of nitrogens with one attached hydrogen (secondary N) is 1. The van der Waals surface area contributed by atoms with E-state index in [4.69, 9.17) is 0 Å². The van der Waals surface area contributed by atoms with Gasteiger partial charge in [0, 0.05) is 38.3 Å². The van der Waals surface area contributed by atoms with Crippen LogP contribution in [0.4, 0.5) is 0 Å². The number of allylic oxidation sites excluding steroid dienone is 2. The van der Waals surface area contributed by atoms with Crippen molar-refractivity contribution >= 4 is 5.84 Å². The van der Waals surface area contributed by atoms with Crippen LogP contribution in [-0.4, -0.2) is 36.4 Å². The Bertz CT molecular complexity index is 328. The maximum Gasteiger partial charge on any atom is 0.108 e. The van der Waals surface area contributed by atoms with Crippen LogP contribution in [0.5, 0.6) is 0 Å². The molecule has 0 aromatic heterocycles. The molecule has 3 nitrogen and oxygen atoms in total. The smallest absolute Gasteiger partial charge is 0.108 e. The molecule has 3 heteroatoms. The van der Waals surface area contributed by atoms with Crippen molar-refractivity contribution < 1.29 is 0 Å². The first-order valence-electron chi connectivity index (χ1n) is 6.18. The predicted molar refractivity (Wildman–Crippen MR) is 68.6 cm³/mol. The quantitative estimate of drug-likeness (QED) is 0.730. The predicted octanol–water partition coefficient (Wildman–Crippen LogP) is 1.93. The molecule has 0 spiro atoms. The van der Waals surface area contributed by atoms with Crippen molar-refractivity contribution in [2.24, 2.45) is 4.99 Å². The van der Waals surface area contributed by atoms with Gasteiger partial charge in [-0.3, -0.25) is 0 Å². The zero-order chi connectivity index (χ0) is 11.4. The summed E-state index contributed by atoms with van der Waals surface area (Å²) in [7, 11) is 0. The minimum Gasteiger partial charge on any atom is -0.357 e. The Balaban J connectivity index is 2.04. The van der Waals surface area contributed by atoms with E-state index in [1.54, 1.807) is 0 Å². The Labute approximate surface area is 97.9 Å². The molecule has 0 aromatic rings. The third-order valence-electron chi connectivity index (χ3n) is 3.21. The largest absolute Gasteiger partial charge is 0.357 e. The molecule has 2 heterocycles. The lowest BCUT2D eigenvalue weighted by Crippen LogP contribution is -2.52. The summed E-state index contributed by atoms with van der Waals surface area (Å²) >= 11 is 0. The zero-order valence-corrected chi connectivity index (χ0v) is 10.2. The summed E-state index contributed by atoms with van der Waals surface area (Å²) in [6.45, 7) is 7.58. The number of aliphatic imine (C=N–C) groups is 1. The molecule has 2 aliphatic heterocycles. The van der Waals surface area contributed by atoms with Crippen molar-refractivity contribution in [3.8, 4) is 0 Å². The first-order chi connectivity index (χ1) is 7.79. The summed E-state index contributed by atoms with van der Waals surface area (Å²) in [5.41, 5.74) is 1.23. The number of rotatable bonds is 1. The highest BCUT2D eigenvalue weighted by Gasteiger charge is 2.19. The van der Waals surface area contributed by atoms with Crippen LogP contribution in [-0.2, 0) is 0 Å². The lowest BCUT2D eigenvalue weighted by atomic mass is 10.1. The Hall–Kier alpha value is -1.09. The SMILES string of the molecule is CCC1CN(C2=NC=C(C)C=CC2)CCN1. The van der Waals surface area contributed by atoms with Crippen molar-refractivity contribution in [2.45, 2.75) is 32.7 Å². The molecule has 0 aromatic carbocycles. The number of nitrogens with zero attached hydrogens (tertiary/aromatic N) is 2. The summed E-state index contributed by atoms with van der Waals surface area (Å²) in [4.78, 5) is 7.01. The normalized spacial score (nSPS) is 26.1. The van der Waals surface area contributed by atoms with E-state index in [9.17, 15) is 0 Å². The van der Waals surface area contributed by atoms with Gasteiger partial charge in [0.1, 0.15) is 5.84 Å². The highest BCUT2D eigenvalue weighted by molar-refractivity contribution is 5.85. The molecule has 0 saturated carbocycles. The van der Waals surface area contributed by atoms with E-state index in [-0.39, 0.29) is 0 Å². The molecule has 88 valence electrons. The first-order valence-corrected chi connectivity index (χ1v) is 6.18. The van der Waals surface area contributed by atoms with E-state index in [1.807, 2.05) is 6.20 Å². The lowest BCUT2D eigenvalue weighted by molar-refractivity contribution is 0.284. The van der Waals surface area contributed by atoms with Gasteiger partial charge >= 0.3 is 0 Å². The van der Waals surface area contributed by atoms with Crippen molar-refractivity contribution in [1.29, 1.82) is 0 Å². The van der Waals surface area contributed by atoms with E-state index in [0.717, 1.165) is 26.1 Å². The fraction of sp³-hybridized carbons (Fsp3) is 0.615. The molecule has 0 bridgehead atoms. The molecule has 1 unspecified atom stereocenters. The van der Waals surface area contributed by atoms with Gasteiger partial charge in [-0.15, -0.1) is 0 Å². The fourth-order valence-electron chi connectivity index (χ4n) is 2.17. The fourth-order valence-corrected chi connectivity index (χ4v) is 2.17. The van der Waals surface area contributed by atoms with Crippen LogP contribution in [0.25, 0.3) is 0 Å². The van der Waals surface area contributed by atoms with Crippen LogP contribution >= 0.6 is 0 Å². The second-order valence-electron chi connectivity index (χ2n) is 4.53. The second-order valence-corrected chi connectivity index (χ2v) is 4.53. The van der Waals surface area contributed by atoms with Gasteiger partial charge in [0.2, 0.25) is 0 Å². The van der Waals surface area contributed by atoms with Gasteiger partial charge in [0.15, 0.2) is 0 Å². The molecule has 1 fully saturated rings. The second kappa shape index (κ2) is 5.30. The average Bonchev–Trinajstić information content (AvgIpc) is 2.54. The van der Waals surface area contributed by atoms with Crippen LogP contribution in [0.15, 0.2) is 28.9 Å². The molecule has 0 radical (unpaired) electrons. The van der Waals surface area contributed by atoms with Gasteiger partial charge in [0.05, 0.1) is 0 Å². The van der Waals surface area contributed by atoms with Gasteiger partial charge in [0.25, 0.3) is 0 Å². The molecular formula is C13H21N3. The Kier molecular flexibility index (Phi) is 3.78. The van der Waals surface area contributed by atoms with Gasteiger partial charge < -0.3 is 10.2 Å². The van der Waals surface area contributed by atoms with Crippen LogP contribution in [0.2, 0.25) is 0 Å². The topological polar surface area (TPSA) is 27.6 Å². The molecule has 0 amide bonds. The minimum atomic E-state index is 0.619. The van der Waals surface area contributed by atoms with Gasteiger partial charge in [-0.25, -0.2) is 4.99 Å². The molecule has 2 rings (SSSR count). The Morgan fingerprint density at radius 2 is 2.44 bits per heavy atom. The highest BCUT2D eigenvalue weighted by Crippen LogP contribution is 2.10. The third kappa shape index (κ3) is 2.73. The summed E-state index contributed by atoms with van der Waals surface area (Å²) in [6, 6.07) is 0.619. The number of hydrogen-bond acceptors (Lipinski definition) is 3. The maximum absolute atomic E-state index is 4.59. The van der Waals surface area contributed by atoms with Crippen molar-refractivity contribution in [3.63, 3.8) is 0 Å². The Morgan fingerprint density at radius 3 is 3.25 bits per heavy atom. The number of hydrogen-bond donors (Lipinski definition) is 1. The lowest BCUT2D eigenvalue weighted by Gasteiger charge is -2.35. The summed E-state index contributed by atoms with van der Waals surface area (Å²) < 4.78 is 0. The molecule has 0 aliphatic carbocycles. The molecule has 16 heavy (non-hydrogen) atoms. The number of amidine groups is 1. The summed E-state index contributed by atoms with van der Waals surface area (Å²) in [5, 5.41) is 3.53. The van der Waals surface area contributed by atoms with Gasteiger partial charge in [-0.1, -0.05) is 19.1 Å². The van der Waals surface area contributed by atoms with E-state index in [0.29, 0.717) is 6.04 Å². The first kappa shape index (κ1) is 11.4. The monoisotopic (exact) mass is 219 g/mol. The Morgan fingerprint density at radius 1 is 1.56 bits per heavy atom. The van der Waals surface area contributed by atoms with Gasteiger partial charge in [-0.05, 0) is 18.9 Å². The summed E-state index contributed by atoms with van der Waals surface area (Å²) in [6.07, 6.45) is 8.48. The zero-order valence-electron chi connectivity index (χ0n) is 10.2. The number of piperazine rings is 1. The van der Waals surface area contributed by atoms with Crippen LogP contribution in [0, 0.1) is 0 Å². The van der Waals surface area contributed by atoms with Crippen molar-refractivity contribution in [2.75, 3.05) is 19.6 Å². The third-order valence-corrected chi connectivity index (χ3v) is 3.21. The van der Waals surface area contributed by atoms with Crippen LogP contribution < -0.4 is 5.32 Å². The van der Waals surface area contributed by atoms with Crippen LogP contribution in [0.3, 0.4) is 0 Å². The van der Waals surface area contributed by atoms with Crippen molar-refractivity contribution in [1.82, 2.24) is 10.2 Å². The van der Waals surface area contributed by atoms with Crippen LogP contribution in [0.1, 0.15) is 26.7 Å². The van der Waals surface area contributed by atoms with E-state index in [1.165, 1.54) is 17.8 Å². The average molecular weight is 219 g/mol. The molecule has 1 N–H and O–H groups in total. The van der Waals surface area contributed by atoms with E-state index < -0.39 is 0 Å². The highest BCUT2D eigenvalue weighted by atomic mass is 15.2. The van der Waals surface area contributed by atoms with Gasteiger partial charge in [-0.2, -0.15) is 0 Å². The maximum atomic E-state index is 4.59. The minimum absolute atomic E-state index is 0.619.